The number of benzene rings is 1. The molecule has 0 aliphatic carbocycles. The fraction of sp³-hybridized carbons (Fsp3) is 0.500. The minimum Gasteiger partial charge on any atom is -0.406 e. The number of hydrogen-bond donors (Lipinski definition) is 0. The van der Waals surface area contributed by atoms with Crippen LogP contribution in [0.25, 0.3) is 11.0 Å². The number of halogens is 3. The molecule has 0 amide bonds. The molecule has 1 aromatic carbocycles. The highest BCUT2D eigenvalue weighted by atomic mass is 32.2. The number of sulfonamides is 1. The van der Waals surface area contributed by atoms with E-state index in [9.17, 15) is 21.6 Å². The number of anilines is 1. The minimum atomic E-state index is -4.74. The largest absolute Gasteiger partial charge is 0.573 e. The fourth-order valence-electron chi connectivity index (χ4n) is 5.09. The zero-order valence-electron chi connectivity index (χ0n) is 20.3. The molecule has 13 heteroatoms. The van der Waals surface area contributed by atoms with E-state index in [-0.39, 0.29) is 11.8 Å². The first kappa shape index (κ1) is 25.7. The van der Waals surface area contributed by atoms with E-state index in [4.69, 9.17) is 4.74 Å². The van der Waals surface area contributed by atoms with Gasteiger partial charge in [-0.3, -0.25) is 0 Å². The molecule has 37 heavy (non-hydrogen) atoms. The number of piperidine rings is 1. The number of alkyl halides is 3. The van der Waals surface area contributed by atoms with Gasteiger partial charge >= 0.3 is 6.36 Å². The summed E-state index contributed by atoms with van der Waals surface area (Å²) in [6.45, 7) is 3.19. The molecule has 2 aliphatic rings. The first-order valence-electron chi connectivity index (χ1n) is 12.0. The van der Waals surface area contributed by atoms with Crippen LogP contribution < -0.4 is 9.64 Å². The average Bonchev–Trinajstić information content (AvgIpc) is 3.26. The maximum atomic E-state index is 12.5. The minimum absolute atomic E-state index is 0.240. The van der Waals surface area contributed by atoms with Crippen molar-refractivity contribution in [1.82, 2.24) is 18.8 Å². The lowest BCUT2D eigenvalue weighted by molar-refractivity contribution is -0.274. The van der Waals surface area contributed by atoms with Crippen LogP contribution in [-0.2, 0) is 21.3 Å². The van der Waals surface area contributed by atoms with Gasteiger partial charge in [0.1, 0.15) is 23.5 Å². The standard InChI is InChI=1S/C24H28F3N5O4S/c1-37(33,34)31-10-6-17(7-11-31)14-30-9-8-20-22(30)28-16-29-23(20)32-12-13-35-15-21(32)18-2-4-19(5-3-18)36-24(25,26)27/h2-5,8-9,16-17,21H,6-7,10-15H2,1H3/t21-/m1/s1. The summed E-state index contributed by atoms with van der Waals surface area (Å²) in [5.74, 6) is 0.795. The highest BCUT2D eigenvalue weighted by Gasteiger charge is 2.32. The molecule has 2 fully saturated rings. The third kappa shape index (κ3) is 5.83. The van der Waals surface area contributed by atoms with Gasteiger partial charge in [0.15, 0.2) is 0 Å². The summed E-state index contributed by atoms with van der Waals surface area (Å²) in [6, 6.07) is 7.56. The molecule has 2 aliphatic heterocycles. The number of rotatable bonds is 6. The number of hydrogen-bond acceptors (Lipinski definition) is 7. The molecule has 2 aromatic heterocycles. The van der Waals surface area contributed by atoms with Crippen molar-refractivity contribution in [3.05, 3.63) is 48.4 Å². The van der Waals surface area contributed by atoms with E-state index in [1.807, 2.05) is 12.3 Å². The van der Waals surface area contributed by atoms with Gasteiger partial charge in [0.2, 0.25) is 10.0 Å². The van der Waals surface area contributed by atoms with E-state index in [2.05, 4.69) is 24.2 Å². The smallest absolute Gasteiger partial charge is 0.406 e. The monoisotopic (exact) mass is 539 g/mol. The van der Waals surface area contributed by atoms with Crippen LogP contribution in [0.3, 0.4) is 0 Å². The zero-order valence-corrected chi connectivity index (χ0v) is 21.1. The van der Waals surface area contributed by atoms with Crippen LogP contribution in [0.5, 0.6) is 5.75 Å². The zero-order chi connectivity index (χ0) is 26.2. The number of nitrogens with zero attached hydrogens (tertiary/aromatic N) is 5. The number of morpholine rings is 1. The van der Waals surface area contributed by atoms with E-state index in [1.54, 1.807) is 12.1 Å². The Morgan fingerprint density at radius 3 is 2.49 bits per heavy atom. The van der Waals surface area contributed by atoms with Crippen LogP contribution in [0, 0.1) is 5.92 Å². The van der Waals surface area contributed by atoms with Crippen LogP contribution in [-0.4, -0.2) is 72.7 Å². The van der Waals surface area contributed by atoms with E-state index < -0.39 is 16.4 Å². The van der Waals surface area contributed by atoms with Gasteiger partial charge in [0.25, 0.3) is 0 Å². The molecule has 0 saturated carbocycles. The van der Waals surface area contributed by atoms with Gasteiger partial charge in [-0.25, -0.2) is 22.7 Å². The first-order chi connectivity index (χ1) is 17.6. The van der Waals surface area contributed by atoms with Crippen LogP contribution in [0.15, 0.2) is 42.9 Å². The van der Waals surface area contributed by atoms with Crippen molar-refractivity contribution >= 4 is 26.9 Å². The molecule has 0 N–H and O–H groups in total. The van der Waals surface area contributed by atoms with E-state index in [0.29, 0.717) is 38.8 Å². The molecule has 9 nitrogen and oxygen atoms in total. The van der Waals surface area contributed by atoms with E-state index in [1.165, 1.54) is 29.0 Å². The lowest BCUT2D eigenvalue weighted by Gasteiger charge is -2.37. The molecule has 0 bridgehead atoms. The Bertz CT molecular complexity index is 1340. The average molecular weight is 540 g/mol. The molecule has 5 rings (SSSR count). The van der Waals surface area contributed by atoms with Crippen molar-refractivity contribution in [2.24, 2.45) is 5.92 Å². The van der Waals surface area contributed by atoms with Crippen molar-refractivity contribution in [3.63, 3.8) is 0 Å². The van der Waals surface area contributed by atoms with Gasteiger partial charge in [0, 0.05) is 32.4 Å². The quantitative estimate of drug-likeness (QED) is 0.473. The summed E-state index contributed by atoms with van der Waals surface area (Å²) in [6.07, 6.45) is 1.56. The lowest BCUT2D eigenvalue weighted by Crippen LogP contribution is -2.40. The van der Waals surface area contributed by atoms with Crippen molar-refractivity contribution in [2.75, 3.05) is 44.0 Å². The van der Waals surface area contributed by atoms with Crippen LogP contribution in [0.1, 0.15) is 24.4 Å². The third-order valence-electron chi connectivity index (χ3n) is 6.93. The number of aromatic nitrogens is 3. The molecule has 4 heterocycles. The highest BCUT2D eigenvalue weighted by molar-refractivity contribution is 7.88. The topological polar surface area (TPSA) is 89.8 Å². The van der Waals surface area contributed by atoms with E-state index in [0.717, 1.165) is 41.8 Å². The Morgan fingerprint density at radius 1 is 1.08 bits per heavy atom. The van der Waals surface area contributed by atoms with Gasteiger partial charge in [-0.05, 0) is 42.5 Å². The maximum Gasteiger partial charge on any atom is 0.573 e. The van der Waals surface area contributed by atoms with Gasteiger partial charge in [-0.1, -0.05) is 12.1 Å². The Morgan fingerprint density at radius 2 is 1.81 bits per heavy atom. The van der Waals surface area contributed by atoms with Gasteiger partial charge in [-0.2, -0.15) is 0 Å². The van der Waals surface area contributed by atoms with Gasteiger partial charge in [0.05, 0.1) is 30.9 Å². The van der Waals surface area contributed by atoms with Gasteiger partial charge < -0.3 is 18.9 Å². The molecule has 0 spiro atoms. The number of ether oxygens (including phenoxy) is 2. The van der Waals surface area contributed by atoms with Gasteiger partial charge in [-0.15, -0.1) is 13.2 Å². The molecule has 1 atom stereocenters. The Balaban J connectivity index is 1.36. The third-order valence-corrected chi connectivity index (χ3v) is 8.23. The molecular weight excluding hydrogens is 511 g/mol. The fourth-order valence-corrected chi connectivity index (χ4v) is 5.97. The first-order valence-corrected chi connectivity index (χ1v) is 13.9. The van der Waals surface area contributed by atoms with Crippen molar-refractivity contribution in [3.8, 4) is 5.75 Å². The normalized spacial score (nSPS) is 20.4. The molecule has 0 radical (unpaired) electrons. The van der Waals surface area contributed by atoms with Crippen molar-refractivity contribution in [1.29, 1.82) is 0 Å². The molecule has 3 aromatic rings. The number of fused-ring (bicyclic) bond motifs is 1. The summed E-state index contributed by atoms with van der Waals surface area (Å²) in [5.41, 5.74) is 1.58. The SMILES string of the molecule is CS(=O)(=O)N1CCC(Cn2ccc3c(N4CCOC[C@@H]4c4ccc(OC(F)(F)F)cc4)ncnc32)CC1. The second-order valence-electron chi connectivity index (χ2n) is 9.41. The molecule has 0 unspecified atom stereocenters. The lowest BCUT2D eigenvalue weighted by atomic mass is 9.98. The molecule has 200 valence electrons. The highest BCUT2D eigenvalue weighted by Crippen LogP contribution is 2.34. The summed E-state index contributed by atoms with van der Waals surface area (Å²) in [5, 5.41) is 0.875. The summed E-state index contributed by atoms with van der Waals surface area (Å²) in [4.78, 5) is 11.2. The molecular formula is C24H28F3N5O4S. The summed E-state index contributed by atoms with van der Waals surface area (Å²) < 4.78 is 74.6. The predicted molar refractivity (Wildman–Crippen MR) is 131 cm³/mol. The van der Waals surface area contributed by atoms with Crippen LogP contribution in [0.4, 0.5) is 19.0 Å². The van der Waals surface area contributed by atoms with Crippen molar-refractivity contribution < 1.29 is 31.1 Å². The van der Waals surface area contributed by atoms with Crippen LogP contribution in [0.2, 0.25) is 0 Å². The maximum absolute atomic E-state index is 12.5. The van der Waals surface area contributed by atoms with Crippen LogP contribution >= 0.6 is 0 Å². The Kier molecular flexibility index (Phi) is 7.03. The second-order valence-corrected chi connectivity index (χ2v) is 11.4. The summed E-state index contributed by atoms with van der Waals surface area (Å²) >= 11 is 0. The Hall–Kier alpha value is -2.90. The second kappa shape index (κ2) is 10.1. The summed E-state index contributed by atoms with van der Waals surface area (Å²) in [7, 11) is -3.17. The predicted octanol–water partition coefficient (Wildman–Crippen LogP) is 3.58. The van der Waals surface area contributed by atoms with E-state index >= 15 is 0 Å². The Labute approximate surface area is 212 Å². The van der Waals surface area contributed by atoms with Crippen molar-refractivity contribution in [2.45, 2.75) is 31.8 Å². The molecule has 2 saturated heterocycles.